The van der Waals surface area contributed by atoms with Crippen LogP contribution in [0.3, 0.4) is 0 Å². The van der Waals surface area contributed by atoms with E-state index >= 15 is 0 Å². The number of hydrogen-bond acceptors (Lipinski definition) is 2. The minimum atomic E-state index is 0.595. The molecule has 0 amide bonds. The second-order valence-corrected chi connectivity index (χ2v) is 5.47. The van der Waals surface area contributed by atoms with Gasteiger partial charge in [0.1, 0.15) is 0 Å². The normalized spacial score (nSPS) is 41.7. The Labute approximate surface area is 92.5 Å². The van der Waals surface area contributed by atoms with Crippen molar-refractivity contribution in [3.05, 3.63) is 11.6 Å². The zero-order valence-corrected chi connectivity index (χ0v) is 9.49. The molecule has 15 heavy (non-hydrogen) atoms. The summed E-state index contributed by atoms with van der Waals surface area (Å²) >= 11 is 0. The van der Waals surface area contributed by atoms with E-state index in [1.807, 2.05) is 0 Å². The molecule has 2 heteroatoms. The third-order valence-electron chi connectivity index (χ3n) is 4.57. The van der Waals surface area contributed by atoms with Crippen molar-refractivity contribution in [1.29, 1.82) is 0 Å². The van der Waals surface area contributed by atoms with Gasteiger partial charge in [-0.05, 0) is 38.0 Å². The Morgan fingerprint density at radius 1 is 1.07 bits per heavy atom. The zero-order valence-electron chi connectivity index (χ0n) is 9.49. The second-order valence-electron chi connectivity index (χ2n) is 5.47. The van der Waals surface area contributed by atoms with Gasteiger partial charge in [-0.15, -0.1) is 0 Å². The lowest BCUT2D eigenvalue weighted by atomic mass is 9.75. The second kappa shape index (κ2) is 3.91. The first kappa shape index (κ1) is 9.86. The van der Waals surface area contributed by atoms with Crippen LogP contribution in [-0.2, 0) is 0 Å². The van der Waals surface area contributed by atoms with Crippen molar-refractivity contribution in [2.24, 2.45) is 11.8 Å². The molecule has 0 saturated heterocycles. The fourth-order valence-electron chi connectivity index (χ4n) is 3.76. The summed E-state index contributed by atoms with van der Waals surface area (Å²) < 4.78 is 0. The van der Waals surface area contributed by atoms with Crippen LogP contribution < -0.4 is 5.84 Å². The van der Waals surface area contributed by atoms with Gasteiger partial charge in [0.2, 0.25) is 0 Å². The van der Waals surface area contributed by atoms with Crippen LogP contribution in [0.15, 0.2) is 11.6 Å². The van der Waals surface area contributed by atoms with Gasteiger partial charge < -0.3 is 0 Å². The van der Waals surface area contributed by atoms with E-state index in [1.54, 1.807) is 5.57 Å². The summed E-state index contributed by atoms with van der Waals surface area (Å²) in [6.45, 7) is 0. The minimum absolute atomic E-state index is 0.595. The van der Waals surface area contributed by atoms with Gasteiger partial charge in [-0.2, -0.15) is 0 Å². The molecule has 1 heterocycles. The molecule has 2 fully saturated rings. The standard InChI is InChI=1S/C13H22N2/c14-15-12-7-3-1-5-10(12)9-11-6-2-4-8-13(11)15/h9-10,12-13H,1-8,14H2. The highest BCUT2D eigenvalue weighted by atomic mass is 15.4. The average molecular weight is 206 g/mol. The monoisotopic (exact) mass is 206 g/mol. The first-order valence-electron chi connectivity index (χ1n) is 6.60. The van der Waals surface area contributed by atoms with E-state index in [1.165, 1.54) is 51.4 Å². The molecule has 2 aliphatic carbocycles. The Hall–Kier alpha value is -0.340. The van der Waals surface area contributed by atoms with Crippen molar-refractivity contribution in [3.63, 3.8) is 0 Å². The van der Waals surface area contributed by atoms with E-state index in [-0.39, 0.29) is 0 Å². The molecule has 2 nitrogen and oxygen atoms in total. The highest BCUT2D eigenvalue weighted by Crippen LogP contribution is 2.39. The molecule has 0 aromatic heterocycles. The summed E-state index contributed by atoms with van der Waals surface area (Å²) in [5, 5.41) is 2.22. The van der Waals surface area contributed by atoms with Crippen LogP contribution in [-0.4, -0.2) is 17.1 Å². The summed E-state index contributed by atoms with van der Waals surface area (Å²) in [5.41, 5.74) is 1.66. The van der Waals surface area contributed by atoms with Crippen LogP contribution in [0.5, 0.6) is 0 Å². The van der Waals surface area contributed by atoms with E-state index in [4.69, 9.17) is 5.84 Å². The molecule has 0 spiro atoms. The summed E-state index contributed by atoms with van der Waals surface area (Å²) in [6.07, 6.45) is 13.4. The van der Waals surface area contributed by atoms with Gasteiger partial charge in [0, 0.05) is 12.1 Å². The molecular weight excluding hydrogens is 184 g/mol. The molecule has 84 valence electrons. The predicted octanol–water partition coefficient (Wildman–Crippen LogP) is 2.60. The summed E-state index contributed by atoms with van der Waals surface area (Å²) in [5.74, 6) is 7.11. The van der Waals surface area contributed by atoms with E-state index in [0.29, 0.717) is 12.1 Å². The maximum absolute atomic E-state index is 6.34. The first-order chi connectivity index (χ1) is 7.36. The van der Waals surface area contributed by atoms with E-state index in [9.17, 15) is 0 Å². The average Bonchev–Trinajstić information content (AvgIpc) is 2.30. The molecule has 1 aliphatic heterocycles. The largest absolute Gasteiger partial charge is 0.268 e. The van der Waals surface area contributed by atoms with E-state index < -0.39 is 0 Å². The van der Waals surface area contributed by atoms with Crippen molar-refractivity contribution in [1.82, 2.24) is 5.01 Å². The summed E-state index contributed by atoms with van der Waals surface area (Å²) in [7, 11) is 0. The van der Waals surface area contributed by atoms with E-state index in [2.05, 4.69) is 11.1 Å². The molecule has 0 bridgehead atoms. The van der Waals surface area contributed by atoms with Crippen molar-refractivity contribution in [2.45, 2.75) is 63.5 Å². The number of rotatable bonds is 0. The third kappa shape index (κ3) is 1.64. The molecular formula is C13H22N2. The van der Waals surface area contributed by atoms with Crippen molar-refractivity contribution < 1.29 is 0 Å². The molecule has 2 N–H and O–H groups in total. The zero-order chi connectivity index (χ0) is 10.3. The van der Waals surface area contributed by atoms with Gasteiger partial charge in [-0.1, -0.05) is 30.9 Å². The molecule has 3 aliphatic rings. The molecule has 3 atom stereocenters. The van der Waals surface area contributed by atoms with Crippen LogP contribution >= 0.6 is 0 Å². The number of hydrogen-bond donors (Lipinski definition) is 1. The van der Waals surface area contributed by atoms with Gasteiger partial charge in [-0.25, -0.2) is 5.01 Å². The minimum Gasteiger partial charge on any atom is -0.268 e. The van der Waals surface area contributed by atoms with Crippen molar-refractivity contribution >= 4 is 0 Å². The highest BCUT2D eigenvalue weighted by molar-refractivity contribution is 5.20. The Bertz CT molecular complexity index is 272. The number of hydrazine groups is 1. The smallest absolute Gasteiger partial charge is 0.0453 e. The molecule has 0 aromatic rings. The Morgan fingerprint density at radius 3 is 2.80 bits per heavy atom. The molecule has 2 saturated carbocycles. The fourth-order valence-corrected chi connectivity index (χ4v) is 3.76. The van der Waals surface area contributed by atoms with Gasteiger partial charge in [-0.3, -0.25) is 5.84 Å². The predicted molar refractivity (Wildman–Crippen MR) is 62.1 cm³/mol. The highest BCUT2D eigenvalue weighted by Gasteiger charge is 2.37. The quantitative estimate of drug-likeness (QED) is 0.487. The Kier molecular flexibility index (Phi) is 2.57. The van der Waals surface area contributed by atoms with Crippen molar-refractivity contribution in [3.8, 4) is 0 Å². The topological polar surface area (TPSA) is 29.3 Å². The SMILES string of the molecule is NN1C2CCCCC2=CC2CCCCC21. The Balaban J connectivity index is 1.87. The van der Waals surface area contributed by atoms with Gasteiger partial charge in [0.05, 0.1) is 0 Å². The molecule has 0 radical (unpaired) electrons. The van der Waals surface area contributed by atoms with Crippen LogP contribution in [0.25, 0.3) is 0 Å². The van der Waals surface area contributed by atoms with Crippen molar-refractivity contribution in [2.75, 3.05) is 0 Å². The lowest BCUT2D eigenvalue weighted by Crippen LogP contribution is -2.56. The molecule has 3 rings (SSSR count). The lowest BCUT2D eigenvalue weighted by molar-refractivity contribution is 0.0662. The fraction of sp³-hybridized carbons (Fsp3) is 0.846. The van der Waals surface area contributed by atoms with Crippen LogP contribution in [0, 0.1) is 5.92 Å². The van der Waals surface area contributed by atoms with Gasteiger partial charge >= 0.3 is 0 Å². The van der Waals surface area contributed by atoms with Crippen LogP contribution in [0.4, 0.5) is 0 Å². The van der Waals surface area contributed by atoms with Crippen LogP contribution in [0.1, 0.15) is 51.4 Å². The summed E-state index contributed by atoms with van der Waals surface area (Å²) in [4.78, 5) is 0. The lowest BCUT2D eigenvalue weighted by Gasteiger charge is -2.47. The maximum atomic E-state index is 6.34. The van der Waals surface area contributed by atoms with Gasteiger partial charge in [0.15, 0.2) is 0 Å². The molecule has 0 aromatic carbocycles. The Morgan fingerprint density at radius 2 is 1.87 bits per heavy atom. The number of fused-ring (bicyclic) bond motifs is 2. The van der Waals surface area contributed by atoms with E-state index in [0.717, 1.165) is 5.92 Å². The van der Waals surface area contributed by atoms with Crippen LogP contribution in [0.2, 0.25) is 0 Å². The molecule has 3 unspecified atom stereocenters. The first-order valence-corrected chi connectivity index (χ1v) is 6.60. The third-order valence-corrected chi connectivity index (χ3v) is 4.57. The number of nitrogens with zero attached hydrogens (tertiary/aromatic N) is 1. The summed E-state index contributed by atoms with van der Waals surface area (Å²) in [6, 6.07) is 1.25. The number of nitrogens with two attached hydrogens (primary N) is 1. The van der Waals surface area contributed by atoms with Gasteiger partial charge in [0.25, 0.3) is 0 Å². The maximum Gasteiger partial charge on any atom is 0.0453 e.